The molecule has 0 radical (unpaired) electrons. The highest BCUT2D eigenvalue weighted by Crippen LogP contribution is 2.24. The second kappa shape index (κ2) is 8.71. The predicted molar refractivity (Wildman–Crippen MR) is 119 cm³/mol. The number of hydrogen-bond donors (Lipinski definition) is 0. The summed E-state index contributed by atoms with van der Waals surface area (Å²) in [7, 11) is 1.82. The summed E-state index contributed by atoms with van der Waals surface area (Å²) in [5.41, 5.74) is 3.91. The summed E-state index contributed by atoms with van der Waals surface area (Å²) in [4.78, 5) is 15.4. The van der Waals surface area contributed by atoms with E-state index < -0.39 is 0 Å². The second-order valence-electron chi connectivity index (χ2n) is 6.69. The van der Waals surface area contributed by atoms with E-state index in [0.717, 1.165) is 27.4 Å². The third-order valence-corrected chi connectivity index (χ3v) is 5.41. The fourth-order valence-corrected chi connectivity index (χ4v) is 3.70. The van der Waals surface area contributed by atoms with Crippen molar-refractivity contribution in [3.05, 3.63) is 101 Å². The first-order chi connectivity index (χ1) is 14.2. The number of nitrogens with zero attached hydrogens (tertiary/aromatic N) is 3. The van der Waals surface area contributed by atoms with E-state index in [-0.39, 0.29) is 5.91 Å². The first kappa shape index (κ1) is 18.9. The Morgan fingerprint density at radius 1 is 1.03 bits per heavy atom. The molecule has 0 saturated heterocycles. The number of likely N-dealkylation sites (N-methyl/N-ethyl adjacent to an activating group) is 1. The van der Waals surface area contributed by atoms with Crippen molar-refractivity contribution in [3.63, 3.8) is 0 Å². The van der Waals surface area contributed by atoms with Crippen LogP contribution < -0.4 is 0 Å². The first-order valence-electron chi connectivity index (χ1n) is 9.37. The van der Waals surface area contributed by atoms with Gasteiger partial charge in [0.1, 0.15) is 0 Å². The van der Waals surface area contributed by atoms with Crippen molar-refractivity contribution in [2.24, 2.45) is 0 Å². The molecule has 5 heteroatoms. The zero-order valence-corrected chi connectivity index (χ0v) is 16.9. The van der Waals surface area contributed by atoms with Gasteiger partial charge in [-0.3, -0.25) is 4.79 Å². The minimum Gasteiger partial charge on any atom is -0.338 e. The zero-order valence-electron chi connectivity index (χ0n) is 16.1. The van der Waals surface area contributed by atoms with Crippen LogP contribution >= 0.6 is 11.3 Å². The van der Waals surface area contributed by atoms with E-state index in [4.69, 9.17) is 5.10 Å². The number of para-hydroxylation sites is 1. The number of amides is 1. The van der Waals surface area contributed by atoms with Crippen LogP contribution in [0.15, 0.2) is 90.4 Å². The van der Waals surface area contributed by atoms with Gasteiger partial charge in [-0.1, -0.05) is 54.6 Å². The van der Waals surface area contributed by atoms with Crippen molar-refractivity contribution in [2.45, 2.75) is 6.54 Å². The van der Waals surface area contributed by atoms with Crippen LogP contribution in [0.5, 0.6) is 0 Å². The van der Waals surface area contributed by atoms with Gasteiger partial charge in [-0.05, 0) is 29.7 Å². The minimum absolute atomic E-state index is 0.0372. The predicted octanol–water partition coefficient (Wildman–Crippen LogP) is 5.27. The fraction of sp³-hybridized carbons (Fsp3) is 0.0833. The van der Waals surface area contributed by atoms with Crippen LogP contribution in [0.25, 0.3) is 23.0 Å². The van der Waals surface area contributed by atoms with Gasteiger partial charge in [0.25, 0.3) is 0 Å². The van der Waals surface area contributed by atoms with Gasteiger partial charge in [0, 0.05) is 41.9 Å². The zero-order chi connectivity index (χ0) is 20.1. The van der Waals surface area contributed by atoms with Crippen LogP contribution in [0, 0.1) is 0 Å². The highest BCUT2D eigenvalue weighted by Gasteiger charge is 2.15. The number of carbonyl (C=O) groups is 1. The molecule has 0 saturated carbocycles. The molecule has 29 heavy (non-hydrogen) atoms. The Labute approximate surface area is 174 Å². The molecular formula is C24H21N3OS. The fourth-order valence-electron chi connectivity index (χ4n) is 3.08. The summed E-state index contributed by atoms with van der Waals surface area (Å²) in [6.07, 6.45) is 5.48. The van der Waals surface area contributed by atoms with Gasteiger partial charge in [0.2, 0.25) is 5.91 Å². The van der Waals surface area contributed by atoms with E-state index in [1.165, 1.54) is 0 Å². The van der Waals surface area contributed by atoms with E-state index >= 15 is 0 Å². The van der Waals surface area contributed by atoms with Crippen LogP contribution in [-0.4, -0.2) is 27.6 Å². The molecule has 4 rings (SSSR count). The van der Waals surface area contributed by atoms with Crippen LogP contribution in [0.3, 0.4) is 0 Å². The summed E-state index contributed by atoms with van der Waals surface area (Å²) in [6, 6.07) is 24.0. The molecule has 2 aromatic carbocycles. The third-order valence-electron chi connectivity index (χ3n) is 4.58. The molecule has 0 bridgehead atoms. The van der Waals surface area contributed by atoms with Gasteiger partial charge in [0.05, 0.1) is 11.4 Å². The van der Waals surface area contributed by atoms with Crippen LogP contribution in [-0.2, 0) is 11.3 Å². The number of benzene rings is 2. The van der Waals surface area contributed by atoms with Crippen molar-refractivity contribution >= 4 is 23.3 Å². The Morgan fingerprint density at radius 2 is 1.76 bits per heavy atom. The Morgan fingerprint density at radius 3 is 2.45 bits per heavy atom. The van der Waals surface area contributed by atoms with Gasteiger partial charge in [-0.25, -0.2) is 4.68 Å². The summed E-state index contributed by atoms with van der Waals surface area (Å²) in [6.45, 7) is 0.477. The number of carbonyl (C=O) groups excluding carboxylic acids is 1. The number of thiophene rings is 1. The highest BCUT2D eigenvalue weighted by atomic mass is 32.1. The van der Waals surface area contributed by atoms with E-state index in [1.807, 2.05) is 102 Å². The molecule has 0 aliphatic carbocycles. The average molecular weight is 400 g/mol. The Hall–Kier alpha value is -3.44. The van der Waals surface area contributed by atoms with Crippen molar-refractivity contribution in [1.29, 1.82) is 0 Å². The van der Waals surface area contributed by atoms with Gasteiger partial charge in [-0.15, -0.1) is 11.3 Å². The molecule has 2 heterocycles. The Balaban J connectivity index is 1.61. The second-order valence-corrected chi connectivity index (χ2v) is 7.67. The van der Waals surface area contributed by atoms with Crippen molar-refractivity contribution in [3.8, 4) is 16.9 Å². The van der Waals surface area contributed by atoms with Gasteiger partial charge in [-0.2, -0.15) is 5.10 Å². The molecule has 144 valence electrons. The summed E-state index contributed by atoms with van der Waals surface area (Å²) >= 11 is 1.61. The number of aromatic nitrogens is 2. The average Bonchev–Trinajstić information content (AvgIpc) is 3.43. The van der Waals surface area contributed by atoms with E-state index in [0.29, 0.717) is 6.54 Å². The molecule has 4 nitrogen and oxygen atoms in total. The van der Waals surface area contributed by atoms with Crippen molar-refractivity contribution < 1.29 is 4.79 Å². The molecule has 2 aromatic heterocycles. The number of rotatable bonds is 6. The maximum atomic E-state index is 12.6. The SMILES string of the molecule is CN(Cc1cn(-c2ccccc2)nc1-c1ccccc1)C(=O)/C=C/c1cccs1. The topological polar surface area (TPSA) is 38.1 Å². The molecular weight excluding hydrogens is 378 g/mol. The van der Waals surface area contributed by atoms with E-state index in [9.17, 15) is 4.79 Å². The summed E-state index contributed by atoms with van der Waals surface area (Å²) < 4.78 is 1.87. The quantitative estimate of drug-likeness (QED) is 0.414. The molecule has 0 fully saturated rings. The highest BCUT2D eigenvalue weighted by molar-refractivity contribution is 7.10. The Bertz CT molecular complexity index is 1100. The van der Waals surface area contributed by atoms with Crippen molar-refractivity contribution in [1.82, 2.24) is 14.7 Å². The van der Waals surface area contributed by atoms with Crippen LogP contribution in [0.4, 0.5) is 0 Å². The Kier molecular flexibility index (Phi) is 5.68. The van der Waals surface area contributed by atoms with Gasteiger partial charge < -0.3 is 4.90 Å². The van der Waals surface area contributed by atoms with Crippen LogP contribution in [0.1, 0.15) is 10.4 Å². The molecule has 0 N–H and O–H groups in total. The van der Waals surface area contributed by atoms with Crippen LogP contribution in [0.2, 0.25) is 0 Å². The number of hydrogen-bond acceptors (Lipinski definition) is 3. The molecule has 1 amide bonds. The summed E-state index contributed by atoms with van der Waals surface area (Å²) in [5, 5.41) is 6.81. The smallest absolute Gasteiger partial charge is 0.246 e. The molecule has 0 aliphatic rings. The van der Waals surface area contributed by atoms with E-state index in [2.05, 4.69) is 0 Å². The normalized spacial score (nSPS) is 11.1. The van der Waals surface area contributed by atoms with Gasteiger partial charge in [0.15, 0.2) is 0 Å². The van der Waals surface area contributed by atoms with Crippen molar-refractivity contribution in [2.75, 3.05) is 7.05 Å². The maximum Gasteiger partial charge on any atom is 0.246 e. The molecule has 0 aliphatic heterocycles. The monoisotopic (exact) mass is 399 g/mol. The third kappa shape index (κ3) is 4.52. The first-order valence-corrected chi connectivity index (χ1v) is 10.2. The van der Waals surface area contributed by atoms with Gasteiger partial charge >= 0.3 is 0 Å². The summed E-state index contributed by atoms with van der Waals surface area (Å²) in [5.74, 6) is -0.0372. The van der Waals surface area contributed by atoms with E-state index in [1.54, 1.807) is 22.3 Å². The maximum absolute atomic E-state index is 12.6. The standard InChI is InChI=1S/C24H21N3OS/c1-26(23(28)15-14-22-13-8-16-29-22)17-20-18-27(21-11-6-3-7-12-21)25-24(20)19-9-4-2-5-10-19/h2-16,18H,17H2,1H3/b15-14+. The largest absolute Gasteiger partial charge is 0.338 e. The molecule has 0 atom stereocenters. The minimum atomic E-state index is -0.0372. The lowest BCUT2D eigenvalue weighted by atomic mass is 10.1. The molecule has 4 aromatic rings. The lowest BCUT2D eigenvalue weighted by molar-refractivity contribution is -0.125. The molecule has 0 unspecified atom stereocenters. The molecule has 0 spiro atoms. The lowest BCUT2D eigenvalue weighted by Gasteiger charge is -2.15. The lowest BCUT2D eigenvalue weighted by Crippen LogP contribution is -2.24.